The number of non-ortho nitro benzene ring substituents is 1. The SMILES string of the molecule is CC(=O)OCC(/C=C/CC1C=Cc2cc([N+](=O)[O-])ccc2N1C(=O)Oc1ccccc1)OC(C)=O. The quantitative estimate of drug-likeness (QED) is 0.235. The summed E-state index contributed by atoms with van der Waals surface area (Å²) in [6.45, 7) is 2.35. The van der Waals surface area contributed by atoms with Gasteiger partial charge in [-0.25, -0.2) is 4.79 Å². The molecule has 0 aliphatic carbocycles. The zero-order valence-electron chi connectivity index (χ0n) is 19.2. The number of carbonyl (C=O) groups excluding carboxylic acids is 3. The molecule has 1 heterocycles. The Morgan fingerprint density at radius 1 is 1.11 bits per heavy atom. The molecule has 0 aromatic heterocycles. The molecule has 10 heteroatoms. The molecule has 0 fully saturated rings. The number of hydrogen-bond acceptors (Lipinski definition) is 8. The van der Waals surface area contributed by atoms with Crippen molar-refractivity contribution in [3.8, 4) is 5.75 Å². The van der Waals surface area contributed by atoms with Gasteiger partial charge in [0.15, 0.2) is 6.10 Å². The van der Waals surface area contributed by atoms with E-state index in [0.29, 0.717) is 23.4 Å². The van der Waals surface area contributed by atoms with Gasteiger partial charge in [0.25, 0.3) is 5.69 Å². The monoisotopic (exact) mass is 480 g/mol. The Morgan fingerprint density at radius 3 is 2.51 bits per heavy atom. The highest BCUT2D eigenvalue weighted by Crippen LogP contribution is 2.34. The largest absolute Gasteiger partial charge is 0.462 e. The third kappa shape index (κ3) is 7.00. The van der Waals surface area contributed by atoms with Gasteiger partial charge in [-0.3, -0.25) is 24.6 Å². The van der Waals surface area contributed by atoms with Crippen LogP contribution in [0.4, 0.5) is 16.2 Å². The molecule has 182 valence electrons. The van der Waals surface area contributed by atoms with E-state index in [-0.39, 0.29) is 12.3 Å². The number of nitro benzene ring substituents is 1. The second kappa shape index (κ2) is 11.6. The van der Waals surface area contributed by atoms with E-state index in [1.807, 2.05) is 0 Å². The van der Waals surface area contributed by atoms with Crippen molar-refractivity contribution >= 4 is 35.5 Å². The van der Waals surface area contributed by atoms with Crippen molar-refractivity contribution in [1.82, 2.24) is 0 Å². The molecule has 0 saturated heterocycles. The summed E-state index contributed by atoms with van der Waals surface area (Å²) >= 11 is 0. The summed E-state index contributed by atoms with van der Waals surface area (Å²) in [5, 5.41) is 11.2. The summed E-state index contributed by atoms with van der Waals surface area (Å²) < 4.78 is 15.6. The number of anilines is 1. The molecule has 2 aromatic carbocycles. The molecule has 2 atom stereocenters. The number of esters is 2. The van der Waals surface area contributed by atoms with E-state index in [0.717, 1.165) is 0 Å². The van der Waals surface area contributed by atoms with Crippen LogP contribution in [-0.2, 0) is 19.1 Å². The van der Waals surface area contributed by atoms with Crippen molar-refractivity contribution in [1.29, 1.82) is 0 Å². The Labute approximate surface area is 201 Å². The van der Waals surface area contributed by atoms with Gasteiger partial charge in [-0.1, -0.05) is 36.4 Å². The summed E-state index contributed by atoms with van der Waals surface area (Å²) in [7, 11) is 0. The minimum atomic E-state index is -0.788. The minimum absolute atomic E-state index is 0.0992. The van der Waals surface area contributed by atoms with E-state index in [4.69, 9.17) is 14.2 Å². The maximum Gasteiger partial charge on any atom is 0.420 e. The van der Waals surface area contributed by atoms with E-state index < -0.39 is 35.1 Å². The number of nitrogens with zero attached hydrogens (tertiary/aromatic N) is 2. The van der Waals surface area contributed by atoms with Crippen molar-refractivity contribution in [3.05, 3.63) is 82.4 Å². The van der Waals surface area contributed by atoms with Gasteiger partial charge in [0, 0.05) is 31.5 Å². The van der Waals surface area contributed by atoms with Crippen molar-refractivity contribution in [2.24, 2.45) is 0 Å². The fourth-order valence-electron chi connectivity index (χ4n) is 3.46. The number of carbonyl (C=O) groups is 3. The third-order valence-electron chi connectivity index (χ3n) is 4.95. The molecular weight excluding hydrogens is 456 g/mol. The Hall–Kier alpha value is -4.47. The number of nitro groups is 1. The first-order chi connectivity index (χ1) is 16.7. The lowest BCUT2D eigenvalue weighted by atomic mass is 10.0. The highest BCUT2D eigenvalue weighted by Gasteiger charge is 2.30. The van der Waals surface area contributed by atoms with Crippen molar-refractivity contribution < 1.29 is 33.5 Å². The molecule has 0 radical (unpaired) electrons. The van der Waals surface area contributed by atoms with Gasteiger partial charge in [-0.15, -0.1) is 0 Å². The zero-order valence-corrected chi connectivity index (χ0v) is 19.2. The molecular formula is C25H24N2O8. The predicted octanol–water partition coefficient (Wildman–Crippen LogP) is 4.44. The van der Waals surface area contributed by atoms with Crippen LogP contribution in [0.2, 0.25) is 0 Å². The molecule has 0 spiro atoms. The van der Waals surface area contributed by atoms with E-state index in [9.17, 15) is 24.5 Å². The van der Waals surface area contributed by atoms with E-state index in [1.165, 1.54) is 36.9 Å². The lowest BCUT2D eigenvalue weighted by molar-refractivity contribution is -0.384. The third-order valence-corrected chi connectivity index (χ3v) is 4.95. The van der Waals surface area contributed by atoms with Crippen LogP contribution < -0.4 is 9.64 Å². The molecule has 10 nitrogen and oxygen atoms in total. The highest BCUT2D eigenvalue weighted by molar-refractivity contribution is 5.95. The fourth-order valence-corrected chi connectivity index (χ4v) is 3.46. The minimum Gasteiger partial charge on any atom is -0.462 e. The number of para-hydroxylation sites is 1. The number of amides is 1. The Balaban J connectivity index is 1.85. The Morgan fingerprint density at radius 2 is 1.86 bits per heavy atom. The standard InChI is InChI=1S/C25H24N2O8/c1-17(28)33-16-23(34-18(2)29)10-6-7-20-12-11-19-15-21(27(31)32)13-14-24(19)26(20)25(30)35-22-8-4-3-5-9-22/h3-6,8-15,20,23H,7,16H2,1-2H3/b10-6+. The van der Waals surface area contributed by atoms with Crippen LogP contribution in [0, 0.1) is 10.1 Å². The summed E-state index contributed by atoms with van der Waals surface area (Å²) in [4.78, 5) is 47.7. The second-order valence-electron chi connectivity index (χ2n) is 7.59. The van der Waals surface area contributed by atoms with Crippen LogP contribution in [-0.4, -0.2) is 41.7 Å². The summed E-state index contributed by atoms with van der Waals surface area (Å²) in [5.74, 6) is -0.694. The molecule has 35 heavy (non-hydrogen) atoms. The average Bonchev–Trinajstić information content (AvgIpc) is 2.82. The molecule has 1 amide bonds. The van der Waals surface area contributed by atoms with Gasteiger partial charge < -0.3 is 14.2 Å². The molecule has 0 saturated carbocycles. The maximum atomic E-state index is 13.2. The molecule has 2 unspecified atom stereocenters. The van der Waals surface area contributed by atoms with Crippen molar-refractivity contribution in [3.63, 3.8) is 0 Å². The topological polar surface area (TPSA) is 125 Å². The first-order valence-corrected chi connectivity index (χ1v) is 10.7. The molecule has 1 aliphatic rings. The van der Waals surface area contributed by atoms with Gasteiger partial charge >= 0.3 is 18.0 Å². The van der Waals surface area contributed by atoms with E-state index >= 15 is 0 Å². The number of hydrogen-bond donors (Lipinski definition) is 0. The van der Waals surface area contributed by atoms with Gasteiger partial charge in [0.2, 0.25) is 0 Å². The number of rotatable bonds is 8. The van der Waals surface area contributed by atoms with Crippen molar-refractivity contribution in [2.45, 2.75) is 32.4 Å². The Kier molecular flexibility index (Phi) is 8.33. The molecule has 0 N–H and O–H groups in total. The number of ether oxygens (including phenoxy) is 3. The van der Waals surface area contributed by atoms with Crippen LogP contribution in [0.3, 0.4) is 0 Å². The van der Waals surface area contributed by atoms with Crippen LogP contribution in [0.15, 0.2) is 66.8 Å². The molecule has 2 aromatic rings. The van der Waals surface area contributed by atoms with Crippen LogP contribution >= 0.6 is 0 Å². The van der Waals surface area contributed by atoms with Gasteiger partial charge in [-0.2, -0.15) is 0 Å². The van der Waals surface area contributed by atoms with Crippen LogP contribution in [0.25, 0.3) is 6.08 Å². The number of fused-ring (bicyclic) bond motifs is 1. The van der Waals surface area contributed by atoms with E-state index in [2.05, 4.69) is 0 Å². The van der Waals surface area contributed by atoms with Crippen LogP contribution in [0.1, 0.15) is 25.8 Å². The summed E-state index contributed by atoms with van der Waals surface area (Å²) in [5.41, 5.74) is 0.851. The van der Waals surface area contributed by atoms with Gasteiger partial charge in [0.1, 0.15) is 12.4 Å². The highest BCUT2D eigenvalue weighted by atomic mass is 16.6. The predicted molar refractivity (Wildman–Crippen MR) is 127 cm³/mol. The molecule has 1 aliphatic heterocycles. The first-order valence-electron chi connectivity index (χ1n) is 10.7. The van der Waals surface area contributed by atoms with Crippen LogP contribution in [0.5, 0.6) is 5.75 Å². The zero-order chi connectivity index (χ0) is 25.4. The summed E-state index contributed by atoms with van der Waals surface area (Å²) in [6, 6.07) is 12.2. The first kappa shape index (κ1) is 25.2. The second-order valence-corrected chi connectivity index (χ2v) is 7.59. The maximum absolute atomic E-state index is 13.2. The summed E-state index contributed by atoms with van der Waals surface area (Å²) in [6.07, 6.45) is 5.56. The average molecular weight is 480 g/mol. The number of benzene rings is 2. The fraction of sp³-hybridized carbons (Fsp3) is 0.240. The van der Waals surface area contributed by atoms with Crippen molar-refractivity contribution in [2.75, 3.05) is 11.5 Å². The van der Waals surface area contributed by atoms with Gasteiger partial charge in [0.05, 0.1) is 16.7 Å². The lowest BCUT2D eigenvalue weighted by Gasteiger charge is -2.32. The lowest BCUT2D eigenvalue weighted by Crippen LogP contribution is -2.42. The molecule has 3 rings (SSSR count). The molecule has 0 bridgehead atoms. The smallest absolute Gasteiger partial charge is 0.420 e. The van der Waals surface area contributed by atoms with E-state index in [1.54, 1.807) is 54.6 Å². The normalized spacial score (nSPS) is 15.3. The Bertz CT molecular complexity index is 1160. The van der Waals surface area contributed by atoms with Gasteiger partial charge in [-0.05, 0) is 30.7 Å².